The third-order valence-electron chi connectivity index (χ3n) is 1.53. The zero-order chi connectivity index (χ0) is 8.27. The summed E-state index contributed by atoms with van der Waals surface area (Å²) in [4.78, 5) is 0. The van der Waals surface area contributed by atoms with Gasteiger partial charge in [0.25, 0.3) is 0 Å². The van der Waals surface area contributed by atoms with Crippen molar-refractivity contribution in [1.82, 2.24) is 10.2 Å². The van der Waals surface area contributed by atoms with Gasteiger partial charge in [-0.2, -0.15) is 5.10 Å². The van der Waals surface area contributed by atoms with Gasteiger partial charge >= 0.3 is 0 Å². The smallest absolute Gasteiger partial charge is 0.148 e. The number of nitrogens with one attached hydrogen (secondary N) is 1. The van der Waals surface area contributed by atoms with E-state index in [1.54, 1.807) is 0 Å². The van der Waals surface area contributed by atoms with Crippen LogP contribution in [0.15, 0.2) is 12.1 Å². The van der Waals surface area contributed by atoms with Gasteiger partial charge in [-0.3, -0.25) is 0 Å². The summed E-state index contributed by atoms with van der Waals surface area (Å²) in [5, 5.41) is 10.9. The van der Waals surface area contributed by atoms with Crippen LogP contribution in [0.3, 0.4) is 0 Å². The van der Waals surface area contributed by atoms with Gasteiger partial charge in [-0.25, -0.2) is 0 Å². The van der Waals surface area contributed by atoms with Crippen molar-refractivity contribution in [1.29, 1.82) is 0 Å². The van der Waals surface area contributed by atoms with Crippen molar-refractivity contribution < 1.29 is 0 Å². The van der Waals surface area contributed by atoms with Gasteiger partial charge in [-0.1, -0.05) is 13.8 Å². The van der Waals surface area contributed by atoms with Crippen molar-refractivity contribution in [3.63, 3.8) is 0 Å². The van der Waals surface area contributed by atoms with Gasteiger partial charge in [0.05, 0.1) is 5.69 Å². The first-order chi connectivity index (χ1) is 5.24. The van der Waals surface area contributed by atoms with Crippen molar-refractivity contribution in [3.8, 4) is 0 Å². The fourth-order valence-corrected chi connectivity index (χ4v) is 0.784. The van der Waals surface area contributed by atoms with Gasteiger partial charge < -0.3 is 5.32 Å². The number of anilines is 1. The molecule has 0 bridgehead atoms. The second-order valence-corrected chi connectivity index (χ2v) is 2.75. The maximum absolute atomic E-state index is 4.04. The molecular weight excluding hydrogens is 138 g/mol. The van der Waals surface area contributed by atoms with Gasteiger partial charge in [-0.15, -0.1) is 5.10 Å². The van der Waals surface area contributed by atoms with Crippen molar-refractivity contribution in [3.05, 3.63) is 17.8 Å². The summed E-state index contributed by atoms with van der Waals surface area (Å²) in [5.74, 6) is 1.27. The first-order valence-electron chi connectivity index (χ1n) is 3.75. The van der Waals surface area contributed by atoms with E-state index in [0.717, 1.165) is 11.5 Å². The molecule has 0 saturated heterocycles. The molecule has 0 aliphatic heterocycles. The Morgan fingerprint density at radius 2 is 2.00 bits per heavy atom. The Balaban J connectivity index is 2.83. The molecule has 1 rings (SSSR count). The van der Waals surface area contributed by atoms with Crippen LogP contribution in [0.1, 0.15) is 25.5 Å². The molecule has 0 fully saturated rings. The molecule has 1 N–H and O–H groups in total. The van der Waals surface area contributed by atoms with Crippen LogP contribution in [0.4, 0.5) is 5.82 Å². The standard InChI is InChI=1S/C8H13N3/c1-6(2)7-4-5-8(9-3)11-10-7/h4-6H,1-3H3,(H,9,11). The number of rotatable bonds is 2. The normalized spacial score (nSPS) is 10.2. The zero-order valence-corrected chi connectivity index (χ0v) is 7.13. The van der Waals surface area contributed by atoms with Crippen molar-refractivity contribution >= 4 is 5.82 Å². The van der Waals surface area contributed by atoms with Gasteiger partial charge in [0.2, 0.25) is 0 Å². The lowest BCUT2D eigenvalue weighted by molar-refractivity contribution is 0.787. The third kappa shape index (κ3) is 1.90. The van der Waals surface area contributed by atoms with E-state index in [1.165, 1.54) is 0 Å². The molecule has 60 valence electrons. The molecule has 11 heavy (non-hydrogen) atoms. The number of hydrogen-bond donors (Lipinski definition) is 1. The summed E-state index contributed by atoms with van der Waals surface area (Å²) >= 11 is 0. The number of aromatic nitrogens is 2. The Hall–Kier alpha value is -1.12. The van der Waals surface area contributed by atoms with Gasteiger partial charge in [0, 0.05) is 7.05 Å². The summed E-state index contributed by atoms with van der Waals surface area (Å²) < 4.78 is 0. The molecule has 0 radical (unpaired) electrons. The Morgan fingerprint density at radius 3 is 2.36 bits per heavy atom. The summed E-state index contributed by atoms with van der Waals surface area (Å²) in [7, 11) is 1.83. The van der Waals surface area contributed by atoms with Crippen LogP contribution < -0.4 is 5.32 Å². The van der Waals surface area contributed by atoms with Crippen LogP contribution in [-0.2, 0) is 0 Å². The SMILES string of the molecule is CNc1ccc(C(C)C)nn1. The second-order valence-electron chi connectivity index (χ2n) is 2.75. The predicted molar refractivity (Wildman–Crippen MR) is 45.7 cm³/mol. The molecule has 3 nitrogen and oxygen atoms in total. The Bertz CT molecular complexity index is 215. The fourth-order valence-electron chi connectivity index (χ4n) is 0.784. The Morgan fingerprint density at radius 1 is 1.27 bits per heavy atom. The minimum absolute atomic E-state index is 0.452. The van der Waals surface area contributed by atoms with E-state index in [1.807, 2.05) is 19.2 Å². The largest absolute Gasteiger partial charge is 0.372 e. The monoisotopic (exact) mass is 151 g/mol. The van der Waals surface area contributed by atoms with Crippen LogP contribution in [0.5, 0.6) is 0 Å². The molecule has 3 heteroatoms. The van der Waals surface area contributed by atoms with E-state index >= 15 is 0 Å². The van der Waals surface area contributed by atoms with Gasteiger partial charge in [-0.05, 0) is 18.1 Å². The molecule has 1 aromatic rings. The predicted octanol–water partition coefficient (Wildman–Crippen LogP) is 1.64. The van der Waals surface area contributed by atoms with E-state index in [0.29, 0.717) is 5.92 Å². The number of hydrogen-bond acceptors (Lipinski definition) is 3. The highest BCUT2D eigenvalue weighted by Crippen LogP contribution is 2.10. The molecule has 1 heterocycles. The summed E-state index contributed by atoms with van der Waals surface area (Å²) in [6.07, 6.45) is 0. The van der Waals surface area contributed by atoms with E-state index in [2.05, 4.69) is 29.4 Å². The molecule has 0 aliphatic rings. The summed E-state index contributed by atoms with van der Waals surface area (Å²) in [5.41, 5.74) is 1.03. The topological polar surface area (TPSA) is 37.8 Å². The van der Waals surface area contributed by atoms with Crippen molar-refractivity contribution in [2.24, 2.45) is 0 Å². The zero-order valence-electron chi connectivity index (χ0n) is 7.13. The average molecular weight is 151 g/mol. The lowest BCUT2D eigenvalue weighted by Gasteiger charge is -2.02. The van der Waals surface area contributed by atoms with Crippen LogP contribution >= 0.6 is 0 Å². The number of nitrogens with zero attached hydrogens (tertiary/aromatic N) is 2. The molecule has 0 atom stereocenters. The summed E-state index contributed by atoms with van der Waals surface area (Å²) in [6, 6.07) is 3.92. The second kappa shape index (κ2) is 3.32. The van der Waals surface area contributed by atoms with E-state index in [9.17, 15) is 0 Å². The average Bonchev–Trinajstić information content (AvgIpc) is 2.05. The molecule has 0 spiro atoms. The maximum Gasteiger partial charge on any atom is 0.148 e. The van der Waals surface area contributed by atoms with Gasteiger partial charge in [0.1, 0.15) is 5.82 Å². The summed E-state index contributed by atoms with van der Waals surface area (Å²) in [6.45, 7) is 4.20. The van der Waals surface area contributed by atoms with Crippen LogP contribution in [0.2, 0.25) is 0 Å². The van der Waals surface area contributed by atoms with Crippen LogP contribution in [-0.4, -0.2) is 17.2 Å². The van der Waals surface area contributed by atoms with E-state index < -0.39 is 0 Å². The van der Waals surface area contributed by atoms with E-state index in [-0.39, 0.29) is 0 Å². The Kier molecular flexibility index (Phi) is 2.41. The van der Waals surface area contributed by atoms with Crippen LogP contribution in [0, 0.1) is 0 Å². The minimum atomic E-state index is 0.452. The quantitative estimate of drug-likeness (QED) is 0.698. The highest BCUT2D eigenvalue weighted by molar-refractivity contribution is 5.31. The molecular formula is C8H13N3. The molecule has 0 unspecified atom stereocenters. The Labute approximate surface area is 66.8 Å². The molecule has 0 amide bonds. The molecule has 0 aromatic carbocycles. The molecule has 0 saturated carbocycles. The van der Waals surface area contributed by atoms with E-state index in [4.69, 9.17) is 0 Å². The lowest BCUT2D eigenvalue weighted by Crippen LogP contribution is -1.98. The van der Waals surface area contributed by atoms with Crippen molar-refractivity contribution in [2.45, 2.75) is 19.8 Å². The minimum Gasteiger partial charge on any atom is -0.372 e. The maximum atomic E-state index is 4.04. The molecule has 1 aromatic heterocycles. The van der Waals surface area contributed by atoms with Gasteiger partial charge in [0.15, 0.2) is 0 Å². The first-order valence-corrected chi connectivity index (χ1v) is 3.75. The highest BCUT2D eigenvalue weighted by atomic mass is 15.2. The molecule has 0 aliphatic carbocycles. The highest BCUT2D eigenvalue weighted by Gasteiger charge is 1.99. The first kappa shape index (κ1) is 7.98. The fraction of sp³-hybridized carbons (Fsp3) is 0.500. The lowest BCUT2D eigenvalue weighted by atomic mass is 10.1. The third-order valence-corrected chi connectivity index (χ3v) is 1.53. The van der Waals surface area contributed by atoms with Crippen LogP contribution in [0.25, 0.3) is 0 Å². The van der Waals surface area contributed by atoms with Crippen molar-refractivity contribution in [2.75, 3.05) is 12.4 Å².